The van der Waals surface area contributed by atoms with Crippen molar-refractivity contribution in [3.8, 4) is 5.75 Å². The lowest BCUT2D eigenvalue weighted by atomic mass is 10.2. The van der Waals surface area contributed by atoms with Crippen molar-refractivity contribution in [3.63, 3.8) is 0 Å². The van der Waals surface area contributed by atoms with Gasteiger partial charge in [-0.15, -0.1) is 11.3 Å². The van der Waals surface area contributed by atoms with Crippen LogP contribution in [-0.2, 0) is 16.6 Å². The van der Waals surface area contributed by atoms with Crippen LogP contribution in [0.25, 0.3) is 0 Å². The van der Waals surface area contributed by atoms with E-state index in [0.717, 1.165) is 60.7 Å². The van der Waals surface area contributed by atoms with E-state index in [2.05, 4.69) is 35.2 Å². The summed E-state index contributed by atoms with van der Waals surface area (Å²) < 4.78 is 33.1. The van der Waals surface area contributed by atoms with Gasteiger partial charge in [-0.05, 0) is 42.5 Å². The second-order valence-corrected chi connectivity index (χ2v) is 11.0. The number of thiazole rings is 1. The molecule has 0 radical (unpaired) electrons. The third kappa shape index (κ3) is 6.16. The molecule has 2 aromatic carbocycles. The molecule has 1 saturated heterocycles. The van der Waals surface area contributed by atoms with Crippen LogP contribution in [-0.4, -0.2) is 61.6 Å². The fraction of sp³-hybridized carbons (Fsp3) is 0.240. The number of nitrogens with one attached hydrogen (secondary N) is 2. The lowest BCUT2D eigenvalue weighted by molar-refractivity contribution is 0.247. The van der Waals surface area contributed by atoms with Gasteiger partial charge in [-0.3, -0.25) is 9.62 Å². The van der Waals surface area contributed by atoms with Crippen molar-refractivity contribution < 1.29 is 13.2 Å². The molecule has 12 heteroatoms. The number of rotatable bonds is 9. The molecule has 192 valence electrons. The van der Waals surface area contributed by atoms with Gasteiger partial charge in [0.1, 0.15) is 17.9 Å². The van der Waals surface area contributed by atoms with Gasteiger partial charge in [0.2, 0.25) is 0 Å². The van der Waals surface area contributed by atoms with E-state index in [1.807, 2.05) is 36.4 Å². The average molecular weight is 538 g/mol. The van der Waals surface area contributed by atoms with Crippen molar-refractivity contribution in [2.24, 2.45) is 0 Å². The van der Waals surface area contributed by atoms with Crippen LogP contribution >= 0.6 is 11.3 Å². The summed E-state index contributed by atoms with van der Waals surface area (Å²) in [6, 6.07) is 16.2. The Morgan fingerprint density at radius 1 is 1.03 bits per heavy atom. The predicted octanol–water partition coefficient (Wildman–Crippen LogP) is 3.81. The van der Waals surface area contributed by atoms with Gasteiger partial charge in [0.15, 0.2) is 5.13 Å². The van der Waals surface area contributed by atoms with Crippen molar-refractivity contribution in [1.29, 1.82) is 0 Å². The first kappa shape index (κ1) is 24.9. The molecule has 5 rings (SSSR count). The van der Waals surface area contributed by atoms with Crippen molar-refractivity contribution in [2.45, 2.75) is 11.4 Å². The van der Waals surface area contributed by atoms with Gasteiger partial charge in [-0.25, -0.2) is 23.4 Å². The van der Waals surface area contributed by atoms with E-state index >= 15 is 0 Å². The van der Waals surface area contributed by atoms with Crippen molar-refractivity contribution in [3.05, 3.63) is 78.2 Å². The van der Waals surface area contributed by atoms with Crippen molar-refractivity contribution >= 4 is 43.7 Å². The third-order valence-corrected chi connectivity index (χ3v) is 8.17. The van der Waals surface area contributed by atoms with Crippen LogP contribution in [0, 0.1) is 0 Å². The van der Waals surface area contributed by atoms with E-state index in [4.69, 9.17) is 9.72 Å². The van der Waals surface area contributed by atoms with E-state index in [1.54, 1.807) is 30.6 Å². The van der Waals surface area contributed by atoms with Gasteiger partial charge < -0.3 is 15.0 Å². The number of hydrogen-bond acceptors (Lipinski definition) is 10. The second kappa shape index (κ2) is 11.1. The quantitative estimate of drug-likeness (QED) is 0.329. The molecule has 1 aliphatic rings. The lowest BCUT2D eigenvalue weighted by Gasteiger charge is -2.35. The number of piperazine rings is 1. The van der Waals surface area contributed by atoms with Crippen LogP contribution in [0.3, 0.4) is 0 Å². The summed E-state index contributed by atoms with van der Waals surface area (Å²) in [5.74, 6) is 1.01. The van der Waals surface area contributed by atoms with Crippen LogP contribution in [0.15, 0.2) is 77.4 Å². The topological polar surface area (TPSA) is 113 Å². The molecule has 2 N–H and O–H groups in total. The minimum Gasteiger partial charge on any atom is -0.495 e. The lowest BCUT2D eigenvalue weighted by Crippen LogP contribution is -2.46. The molecule has 2 aromatic heterocycles. The highest BCUT2D eigenvalue weighted by Crippen LogP contribution is 2.29. The molecular formula is C25H27N7O3S2. The van der Waals surface area contributed by atoms with Crippen LogP contribution in [0.5, 0.6) is 5.75 Å². The molecule has 3 heterocycles. The summed E-state index contributed by atoms with van der Waals surface area (Å²) in [7, 11) is -2.06. The van der Waals surface area contributed by atoms with E-state index in [-0.39, 0.29) is 10.7 Å². The normalized spacial score (nSPS) is 14.4. The van der Waals surface area contributed by atoms with Crippen molar-refractivity contribution in [2.75, 3.05) is 48.2 Å². The Morgan fingerprint density at radius 2 is 1.81 bits per heavy atom. The Hall–Kier alpha value is -3.74. The first-order valence-electron chi connectivity index (χ1n) is 11.7. The maximum Gasteiger partial charge on any atom is 0.263 e. The standard InChI is InChI=1S/C25H27N7O3S2/c1-35-23-5-3-2-4-22(23)29-25-28-19(17-36-25)16-31-12-14-32(15-13-31)20-6-8-21(9-7-20)37(33,34)30-24-10-11-26-18-27-24/h2-11,17-18H,12-16H2,1H3,(H,28,29)(H,26,27,30). The molecule has 1 aliphatic heterocycles. The summed E-state index contributed by atoms with van der Waals surface area (Å²) in [4.78, 5) is 17.3. The molecule has 37 heavy (non-hydrogen) atoms. The van der Waals surface area contributed by atoms with Gasteiger partial charge in [0.25, 0.3) is 10.0 Å². The predicted molar refractivity (Wildman–Crippen MR) is 145 cm³/mol. The number of anilines is 4. The average Bonchev–Trinajstić information content (AvgIpc) is 3.36. The highest BCUT2D eigenvalue weighted by atomic mass is 32.2. The number of benzene rings is 2. The zero-order chi connectivity index (χ0) is 25.7. The van der Waals surface area contributed by atoms with Gasteiger partial charge in [0, 0.05) is 50.0 Å². The smallest absolute Gasteiger partial charge is 0.263 e. The highest BCUT2D eigenvalue weighted by Gasteiger charge is 2.20. The molecule has 0 bridgehead atoms. The Balaban J connectivity index is 1.14. The van der Waals surface area contributed by atoms with E-state index in [1.165, 1.54) is 18.6 Å². The molecule has 0 spiro atoms. The van der Waals surface area contributed by atoms with Crippen LogP contribution in [0.4, 0.5) is 22.3 Å². The van der Waals surface area contributed by atoms with E-state index < -0.39 is 10.0 Å². The van der Waals surface area contributed by atoms with Gasteiger partial charge >= 0.3 is 0 Å². The minimum atomic E-state index is -3.71. The summed E-state index contributed by atoms with van der Waals surface area (Å²) in [6.07, 6.45) is 2.78. The zero-order valence-electron chi connectivity index (χ0n) is 20.2. The second-order valence-electron chi connectivity index (χ2n) is 8.43. The number of aromatic nitrogens is 3. The molecule has 4 aromatic rings. The van der Waals surface area contributed by atoms with Crippen LogP contribution < -0.4 is 19.7 Å². The number of nitrogens with zero attached hydrogens (tertiary/aromatic N) is 5. The van der Waals surface area contributed by atoms with Gasteiger partial charge in [0.05, 0.1) is 23.4 Å². The third-order valence-electron chi connectivity index (χ3n) is 5.99. The Kier molecular flexibility index (Phi) is 7.49. The number of methoxy groups -OCH3 is 1. The molecule has 0 saturated carbocycles. The van der Waals surface area contributed by atoms with Gasteiger partial charge in [-0.2, -0.15) is 0 Å². The molecule has 0 unspecified atom stereocenters. The molecule has 0 atom stereocenters. The van der Waals surface area contributed by atoms with E-state index in [9.17, 15) is 8.42 Å². The number of hydrogen-bond donors (Lipinski definition) is 2. The monoisotopic (exact) mass is 537 g/mol. The first-order chi connectivity index (χ1) is 18.0. The van der Waals surface area contributed by atoms with E-state index in [0.29, 0.717) is 0 Å². The first-order valence-corrected chi connectivity index (χ1v) is 14.1. The Bertz CT molecular complexity index is 1420. The number of ether oxygens (including phenoxy) is 1. The molecule has 0 aliphatic carbocycles. The summed E-state index contributed by atoms with van der Waals surface area (Å²) in [6.45, 7) is 4.26. The number of para-hydroxylation sites is 2. The molecular weight excluding hydrogens is 510 g/mol. The summed E-state index contributed by atoms with van der Waals surface area (Å²) in [5.41, 5.74) is 2.92. The zero-order valence-corrected chi connectivity index (χ0v) is 21.9. The maximum absolute atomic E-state index is 12.6. The minimum absolute atomic E-state index is 0.189. The van der Waals surface area contributed by atoms with Crippen molar-refractivity contribution in [1.82, 2.24) is 19.9 Å². The van der Waals surface area contributed by atoms with Crippen LogP contribution in [0.1, 0.15) is 5.69 Å². The Morgan fingerprint density at radius 3 is 2.54 bits per heavy atom. The fourth-order valence-corrected chi connectivity index (χ4v) is 5.80. The largest absolute Gasteiger partial charge is 0.495 e. The van der Waals surface area contributed by atoms with Gasteiger partial charge in [-0.1, -0.05) is 12.1 Å². The SMILES string of the molecule is COc1ccccc1Nc1nc(CN2CCN(c3ccc(S(=O)(=O)Nc4ccncn4)cc3)CC2)cs1. The maximum atomic E-state index is 12.6. The van der Waals surface area contributed by atoms with Crippen LogP contribution in [0.2, 0.25) is 0 Å². The molecule has 10 nitrogen and oxygen atoms in total. The summed E-state index contributed by atoms with van der Waals surface area (Å²) in [5, 5.41) is 6.26. The Labute approximate surface area is 220 Å². The highest BCUT2D eigenvalue weighted by molar-refractivity contribution is 7.92. The molecule has 0 amide bonds. The molecule has 1 fully saturated rings. The number of sulfonamides is 1. The fourth-order valence-electron chi connectivity index (χ4n) is 4.08. The summed E-state index contributed by atoms with van der Waals surface area (Å²) >= 11 is 1.58.